The molecule has 0 unspecified atom stereocenters. The molecule has 1 fully saturated rings. The van der Waals surface area contributed by atoms with Crippen LogP contribution in [0.1, 0.15) is 31.2 Å². The second-order valence-corrected chi connectivity index (χ2v) is 6.22. The van der Waals surface area contributed by atoms with E-state index in [1.807, 2.05) is 12.4 Å². The van der Waals surface area contributed by atoms with Crippen molar-refractivity contribution in [1.29, 1.82) is 0 Å². The fraction of sp³-hybridized carbons (Fsp3) is 0.400. The summed E-state index contributed by atoms with van der Waals surface area (Å²) >= 11 is 3.35. The van der Waals surface area contributed by atoms with E-state index in [0.717, 1.165) is 11.0 Å². The Bertz CT molecular complexity index is 550. The van der Waals surface area contributed by atoms with Gasteiger partial charge in [0.05, 0.1) is 4.47 Å². The van der Waals surface area contributed by atoms with Gasteiger partial charge < -0.3 is 5.32 Å². The molecule has 0 atom stereocenters. The second-order valence-electron chi connectivity index (χ2n) is 5.30. The average molecular weight is 333 g/mol. The molecule has 0 saturated heterocycles. The zero-order chi connectivity index (χ0) is 13.8. The van der Waals surface area contributed by atoms with Crippen LogP contribution in [0.4, 0.5) is 5.95 Å². The molecule has 0 radical (unpaired) electrons. The normalized spacial score (nSPS) is 17.1. The summed E-state index contributed by atoms with van der Waals surface area (Å²) in [6, 6.07) is 4.27. The molecule has 1 saturated carbocycles. The van der Waals surface area contributed by atoms with Gasteiger partial charge in [-0.2, -0.15) is 0 Å². The Morgan fingerprint density at radius 1 is 1.10 bits per heavy atom. The molecule has 0 amide bonds. The van der Waals surface area contributed by atoms with Crippen LogP contribution >= 0.6 is 15.9 Å². The minimum Gasteiger partial charge on any atom is -0.353 e. The lowest BCUT2D eigenvalue weighted by atomic mass is 9.79. The van der Waals surface area contributed by atoms with Gasteiger partial charge in [0, 0.05) is 36.7 Å². The third-order valence-corrected chi connectivity index (χ3v) is 4.47. The van der Waals surface area contributed by atoms with Crippen molar-refractivity contribution in [2.75, 3.05) is 11.9 Å². The van der Waals surface area contributed by atoms with Crippen molar-refractivity contribution in [1.82, 2.24) is 15.0 Å². The minimum atomic E-state index is 0.194. The van der Waals surface area contributed by atoms with Gasteiger partial charge in [-0.1, -0.05) is 12.8 Å². The molecule has 2 heterocycles. The van der Waals surface area contributed by atoms with Crippen LogP contribution in [-0.2, 0) is 5.41 Å². The third kappa shape index (κ3) is 2.82. The van der Waals surface area contributed by atoms with Crippen molar-refractivity contribution in [3.8, 4) is 0 Å². The number of nitrogens with one attached hydrogen (secondary N) is 1. The first-order chi connectivity index (χ1) is 9.78. The molecule has 20 heavy (non-hydrogen) atoms. The Labute approximate surface area is 127 Å². The second kappa shape index (κ2) is 5.87. The smallest absolute Gasteiger partial charge is 0.222 e. The van der Waals surface area contributed by atoms with Crippen molar-refractivity contribution >= 4 is 21.9 Å². The summed E-state index contributed by atoms with van der Waals surface area (Å²) in [6.45, 7) is 0.874. The maximum absolute atomic E-state index is 4.28. The van der Waals surface area contributed by atoms with Gasteiger partial charge in [-0.05, 0) is 46.5 Å². The van der Waals surface area contributed by atoms with Gasteiger partial charge in [-0.3, -0.25) is 4.98 Å². The molecule has 3 rings (SSSR count). The molecule has 2 aromatic rings. The average Bonchev–Trinajstić information content (AvgIpc) is 2.98. The summed E-state index contributed by atoms with van der Waals surface area (Å²) in [5.74, 6) is 0.688. The van der Waals surface area contributed by atoms with Gasteiger partial charge >= 0.3 is 0 Å². The van der Waals surface area contributed by atoms with E-state index in [1.54, 1.807) is 12.4 Å². The van der Waals surface area contributed by atoms with Crippen LogP contribution in [-0.4, -0.2) is 21.5 Å². The third-order valence-electron chi connectivity index (χ3n) is 4.06. The summed E-state index contributed by atoms with van der Waals surface area (Å²) < 4.78 is 0.896. The molecular formula is C15H17BrN4. The predicted molar refractivity (Wildman–Crippen MR) is 82.6 cm³/mol. The summed E-state index contributed by atoms with van der Waals surface area (Å²) in [5.41, 5.74) is 1.56. The number of nitrogens with zero attached hydrogens (tertiary/aromatic N) is 3. The monoisotopic (exact) mass is 332 g/mol. The molecule has 0 aromatic carbocycles. The summed E-state index contributed by atoms with van der Waals surface area (Å²) in [7, 11) is 0. The van der Waals surface area contributed by atoms with E-state index in [9.17, 15) is 0 Å². The standard InChI is InChI=1S/C15H17BrN4/c16-13-9-18-14(19-10-13)20-11-15(5-1-2-6-15)12-3-7-17-8-4-12/h3-4,7-10H,1-2,5-6,11H2,(H,18,19,20). The van der Waals surface area contributed by atoms with Gasteiger partial charge in [0.25, 0.3) is 0 Å². The number of halogens is 1. The first-order valence-corrected chi connectivity index (χ1v) is 7.70. The summed E-state index contributed by atoms with van der Waals surface area (Å²) in [5, 5.41) is 3.39. The predicted octanol–water partition coefficient (Wildman–Crippen LogP) is 3.56. The zero-order valence-electron chi connectivity index (χ0n) is 11.2. The topological polar surface area (TPSA) is 50.7 Å². The van der Waals surface area contributed by atoms with Crippen LogP contribution in [0.5, 0.6) is 0 Å². The molecule has 5 heteroatoms. The van der Waals surface area contributed by atoms with Crippen molar-refractivity contribution in [2.45, 2.75) is 31.1 Å². The number of aromatic nitrogens is 3. The number of rotatable bonds is 4. The fourth-order valence-electron chi connectivity index (χ4n) is 2.98. The van der Waals surface area contributed by atoms with Gasteiger partial charge in [-0.25, -0.2) is 9.97 Å². The highest BCUT2D eigenvalue weighted by Gasteiger charge is 2.35. The van der Waals surface area contributed by atoms with Gasteiger partial charge in [-0.15, -0.1) is 0 Å². The van der Waals surface area contributed by atoms with Gasteiger partial charge in [0.1, 0.15) is 0 Å². The maximum atomic E-state index is 4.28. The van der Waals surface area contributed by atoms with Crippen molar-refractivity contribution in [2.24, 2.45) is 0 Å². The molecule has 1 aliphatic carbocycles. The molecular weight excluding hydrogens is 316 g/mol. The molecule has 4 nitrogen and oxygen atoms in total. The van der Waals surface area contributed by atoms with E-state index in [0.29, 0.717) is 5.95 Å². The molecule has 0 bridgehead atoms. The summed E-state index contributed by atoms with van der Waals surface area (Å²) in [4.78, 5) is 12.7. The Morgan fingerprint density at radius 2 is 1.75 bits per heavy atom. The lowest BCUT2D eigenvalue weighted by Gasteiger charge is -2.29. The van der Waals surface area contributed by atoms with Crippen LogP contribution in [0.2, 0.25) is 0 Å². The van der Waals surface area contributed by atoms with E-state index < -0.39 is 0 Å². The van der Waals surface area contributed by atoms with E-state index in [2.05, 4.69) is 48.3 Å². The van der Waals surface area contributed by atoms with Crippen LogP contribution in [0.3, 0.4) is 0 Å². The van der Waals surface area contributed by atoms with Crippen molar-refractivity contribution < 1.29 is 0 Å². The minimum absolute atomic E-state index is 0.194. The SMILES string of the molecule is Brc1cnc(NCC2(c3ccncc3)CCCC2)nc1. The number of anilines is 1. The number of hydrogen-bond donors (Lipinski definition) is 1. The molecule has 0 spiro atoms. The molecule has 1 N–H and O–H groups in total. The molecule has 1 aliphatic rings. The van der Waals surface area contributed by atoms with Crippen LogP contribution in [0, 0.1) is 0 Å². The Balaban J connectivity index is 1.77. The van der Waals surface area contributed by atoms with Crippen LogP contribution in [0.15, 0.2) is 41.4 Å². The molecule has 2 aromatic heterocycles. The Kier molecular flexibility index (Phi) is 3.96. The first kappa shape index (κ1) is 13.5. The molecule has 0 aliphatic heterocycles. The highest BCUT2D eigenvalue weighted by Crippen LogP contribution is 2.40. The lowest BCUT2D eigenvalue weighted by molar-refractivity contribution is 0.465. The highest BCUT2D eigenvalue weighted by atomic mass is 79.9. The summed E-state index contributed by atoms with van der Waals surface area (Å²) in [6.07, 6.45) is 12.3. The quantitative estimate of drug-likeness (QED) is 0.930. The van der Waals surface area contributed by atoms with E-state index in [4.69, 9.17) is 0 Å². The van der Waals surface area contributed by atoms with E-state index in [-0.39, 0.29) is 5.41 Å². The fourth-order valence-corrected chi connectivity index (χ4v) is 3.18. The van der Waals surface area contributed by atoms with Crippen molar-refractivity contribution in [3.63, 3.8) is 0 Å². The van der Waals surface area contributed by atoms with Gasteiger partial charge in [0.2, 0.25) is 5.95 Å². The largest absolute Gasteiger partial charge is 0.353 e. The van der Waals surface area contributed by atoms with Crippen LogP contribution in [0.25, 0.3) is 0 Å². The Morgan fingerprint density at radius 3 is 2.40 bits per heavy atom. The number of hydrogen-bond acceptors (Lipinski definition) is 4. The number of pyridine rings is 1. The zero-order valence-corrected chi connectivity index (χ0v) is 12.8. The van der Waals surface area contributed by atoms with Crippen molar-refractivity contribution in [3.05, 3.63) is 47.0 Å². The van der Waals surface area contributed by atoms with E-state index in [1.165, 1.54) is 31.2 Å². The lowest BCUT2D eigenvalue weighted by Crippen LogP contribution is -2.31. The molecule has 104 valence electrons. The van der Waals surface area contributed by atoms with Crippen LogP contribution < -0.4 is 5.32 Å². The van der Waals surface area contributed by atoms with E-state index >= 15 is 0 Å². The maximum Gasteiger partial charge on any atom is 0.222 e. The Hall–Kier alpha value is -1.49. The highest BCUT2D eigenvalue weighted by molar-refractivity contribution is 9.10. The van der Waals surface area contributed by atoms with Gasteiger partial charge in [0.15, 0.2) is 0 Å². The first-order valence-electron chi connectivity index (χ1n) is 6.90.